The second-order valence-electron chi connectivity index (χ2n) is 6.54. The van der Waals surface area contributed by atoms with Crippen molar-refractivity contribution in [1.29, 1.82) is 0 Å². The van der Waals surface area contributed by atoms with Crippen LogP contribution in [0.1, 0.15) is 40.3 Å². The van der Waals surface area contributed by atoms with Crippen molar-refractivity contribution >= 4 is 40.1 Å². The lowest BCUT2D eigenvalue weighted by Crippen LogP contribution is -2.30. The van der Waals surface area contributed by atoms with E-state index >= 15 is 0 Å². The summed E-state index contributed by atoms with van der Waals surface area (Å²) in [6, 6.07) is 10.2. The maximum absolute atomic E-state index is 12.7. The average molecular weight is 415 g/mol. The maximum Gasteiger partial charge on any atom is 0.291 e. The Balaban J connectivity index is 1.84. The van der Waals surface area contributed by atoms with E-state index in [2.05, 4.69) is 5.32 Å². The Hall–Kier alpha value is -2.99. The highest BCUT2D eigenvalue weighted by Gasteiger charge is 2.20. The van der Waals surface area contributed by atoms with E-state index in [1.54, 1.807) is 42.3 Å². The lowest BCUT2D eigenvalue weighted by atomic mass is 10.1. The first-order valence-corrected chi connectivity index (χ1v) is 9.74. The summed E-state index contributed by atoms with van der Waals surface area (Å²) in [4.78, 5) is 26.9. The summed E-state index contributed by atoms with van der Waals surface area (Å²) in [7, 11) is 1.59. The summed E-state index contributed by atoms with van der Waals surface area (Å²) in [6.07, 6.45) is 0. The molecule has 3 rings (SSSR count). The van der Waals surface area contributed by atoms with Crippen molar-refractivity contribution in [2.75, 3.05) is 25.5 Å². The van der Waals surface area contributed by atoms with Crippen molar-refractivity contribution < 1.29 is 18.7 Å². The summed E-state index contributed by atoms with van der Waals surface area (Å²) in [5.41, 5.74) is 2.20. The number of nitrogens with one attached hydrogen (secondary N) is 1. The van der Waals surface area contributed by atoms with Crippen LogP contribution in [0.4, 0.5) is 5.69 Å². The number of fused-ring (bicyclic) bond motifs is 1. The van der Waals surface area contributed by atoms with Crippen LogP contribution in [0.5, 0.6) is 5.75 Å². The van der Waals surface area contributed by atoms with Gasteiger partial charge in [0.2, 0.25) is 0 Å². The normalized spacial score (nSPS) is 10.8. The number of aryl methyl sites for hydroxylation is 1. The third-order valence-electron chi connectivity index (χ3n) is 4.86. The van der Waals surface area contributed by atoms with Gasteiger partial charge in [-0.1, -0.05) is 11.6 Å². The standard InChI is InChI=1S/C22H23ClN2O4/c1-5-25(6-2)22(27)16-9-7-14(11-18(16)23)24-21(26)20-13(3)17-12-15(28-4)8-10-19(17)29-20/h7-12H,5-6H2,1-4H3,(H,24,26). The van der Waals surface area contributed by atoms with Crippen molar-refractivity contribution in [3.8, 4) is 5.75 Å². The van der Waals surface area contributed by atoms with Gasteiger partial charge < -0.3 is 19.4 Å². The van der Waals surface area contributed by atoms with Gasteiger partial charge in [0.05, 0.1) is 17.7 Å². The Morgan fingerprint density at radius 3 is 2.48 bits per heavy atom. The number of rotatable bonds is 6. The zero-order chi connectivity index (χ0) is 21.1. The molecule has 0 bridgehead atoms. The van der Waals surface area contributed by atoms with Gasteiger partial charge in [-0.15, -0.1) is 0 Å². The number of carbonyl (C=O) groups is 2. The highest BCUT2D eigenvalue weighted by Crippen LogP contribution is 2.30. The number of furan rings is 1. The number of anilines is 1. The second kappa shape index (κ2) is 8.57. The molecule has 0 aliphatic rings. The van der Waals surface area contributed by atoms with E-state index in [4.69, 9.17) is 20.8 Å². The zero-order valence-electron chi connectivity index (χ0n) is 16.8. The highest BCUT2D eigenvalue weighted by atomic mass is 35.5. The van der Waals surface area contributed by atoms with Crippen molar-refractivity contribution in [3.05, 3.63) is 58.3 Å². The van der Waals surface area contributed by atoms with E-state index in [1.807, 2.05) is 26.8 Å². The first-order chi connectivity index (χ1) is 13.9. The molecule has 0 radical (unpaired) electrons. The van der Waals surface area contributed by atoms with Gasteiger partial charge in [0.25, 0.3) is 11.8 Å². The summed E-state index contributed by atoms with van der Waals surface area (Å²) < 4.78 is 11.0. The summed E-state index contributed by atoms with van der Waals surface area (Å²) in [6.45, 7) is 6.84. The summed E-state index contributed by atoms with van der Waals surface area (Å²) in [5, 5.41) is 3.88. The van der Waals surface area contributed by atoms with E-state index in [9.17, 15) is 9.59 Å². The number of benzene rings is 2. The molecule has 2 aromatic carbocycles. The number of nitrogens with zero attached hydrogens (tertiary/aromatic N) is 1. The smallest absolute Gasteiger partial charge is 0.291 e. The van der Waals surface area contributed by atoms with Gasteiger partial charge in [0.15, 0.2) is 5.76 Å². The van der Waals surface area contributed by atoms with Crippen molar-refractivity contribution in [1.82, 2.24) is 4.90 Å². The third kappa shape index (κ3) is 4.07. The van der Waals surface area contributed by atoms with Crippen LogP contribution in [0.15, 0.2) is 40.8 Å². The number of carbonyl (C=O) groups excluding carboxylic acids is 2. The minimum Gasteiger partial charge on any atom is -0.497 e. The van der Waals surface area contributed by atoms with Gasteiger partial charge in [-0.25, -0.2) is 0 Å². The van der Waals surface area contributed by atoms with Crippen LogP contribution in [-0.4, -0.2) is 36.9 Å². The minimum absolute atomic E-state index is 0.139. The Morgan fingerprint density at radius 2 is 1.86 bits per heavy atom. The van der Waals surface area contributed by atoms with Gasteiger partial charge >= 0.3 is 0 Å². The average Bonchev–Trinajstić information content (AvgIpc) is 3.05. The first-order valence-electron chi connectivity index (χ1n) is 9.36. The number of amides is 2. The van der Waals surface area contributed by atoms with Crippen LogP contribution in [0.2, 0.25) is 5.02 Å². The number of hydrogen-bond acceptors (Lipinski definition) is 4. The molecular weight excluding hydrogens is 392 g/mol. The zero-order valence-corrected chi connectivity index (χ0v) is 17.6. The number of halogens is 1. The quantitative estimate of drug-likeness (QED) is 0.606. The molecule has 1 heterocycles. The van der Waals surface area contributed by atoms with Crippen LogP contribution in [-0.2, 0) is 0 Å². The number of methoxy groups -OCH3 is 1. The lowest BCUT2D eigenvalue weighted by molar-refractivity contribution is 0.0773. The third-order valence-corrected chi connectivity index (χ3v) is 5.17. The molecule has 1 aromatic heterocycles. The summed E-state index contributed by atoms with van der Waals surface area (Å²) >= 11 is 6.30. The van der Waals surface area contributed by atoms with E-state index in [-0.39, 0.29) is 16.7 Å². The van der Waals surface area contributed by atoms with Gasteiger partial charge in [0, 0.05) is 29.7 Å². The molecule has 152 valence electrons. The maximum atomic E-state index is 12.7. The van der Waals surface area contributed by atoms with Crippen LogP contribution in [0, 0.1) is 6.92 Å². The second-order valence-corrected chi connectivity index (χ2v) is 6.95. The number of hydrogen-bond donors (Lipinski definition) is 1. The van der Waals surface area contributed by atoms with Crippen LogP contribution < -0.4 is 10.1 Å². The molecule has 7 heteroatoms. The van der Waals surface area contributed by atoms with Crippen molar-refractivity contribution in [2.24, 2.45) is 0 Å². The van der Waals surface area contributed by atoms with Crippen LogP contribution in [0.3, 0.4) is 0 Å². The highest BCUT2D eigenvalue weighted by molar-refractivity contribution is 6.34. The van der Waals surface area contributed by atoms with Gasteiger partial charge in [-0.05, 0) is 57.2 Å². The lowest BCUT2D eigenvalue weighted by Gasteiger charge is -2.19. The van der Waals surface area contributed by atoms with E-state index < -0.39 is 5.91 Å². The molecule has 0 saturated carbocycles. The van der Waals surface area contributed by atoms with Gasteiger partial charge in [0.1, 0.15) is 11.3 Å². The topological polar surface area (TPSA) is 71.8 Å². The molecule has 0 saturated heterocycles. The Morgan fingerprint density at radius 1 is 1.14 bits per heavy atom. The van der Waals surface area contributed by atoms with E-state index in [0.717, 1.165) is 10.9 Å². The molecule has 0 fully saturated rings. The predicted octanol–water partition coefficient (Wildman–Crippen LogP) is 5.14. The molecule has 0 atom stereocenters. The molecule has 6 nitrogen and oxygen atoms in total. The van der Waals surface area contributed by atoms with Crippen LogP contribution in [0.25, 0.3) is 11.0 Å². The van der Waals surface area contributed by atoms with Crippen molar-refractivity contribution in [3.63, 3.8) is 0 Å². The molecule has 1 N–H and O–H groups in total. The SMILES string of the molecule is CCN(CC)C(=O)c1ccc(NC(=O)c2oc3ccc(OC)cc3c2C)cc1Cl. The van der Waals surface area contributed by atoms with E-state index in [1.165, 1.54) is 0 Å². The summed E-state index contributed by atoms with van der Waals surface area (Å²) in [5.74, 6) is 0.373. The Labute approximate surface area is 174 Å². The Kier molecular flexibility index (Phi) is 6.13. The van der Waals surface area contributed by atoms with Crippen molar-refractivity contribution in [2.45, 2.75) is 20.8 Å². The minimum atomic E-state index is -0.392. The van der Waals surface area contributed by atoms with E-state index in [0.29, 0.717) is 35.7 Å². The molecule has 0 aliphatic carbocycles. The number of ether oxygens (including phenoxy) is 1. The monoisotopic (exact) mass is 414 g/mol. The van der Waals surface area contributed by atoms with Crippen LogP contribution >= 0.6 is 11.6 Å². The fraction of sp³-hybridized carbons (Fsp3) is 0.273. The molecule has 2 amide bonds. The fourth-order valence-corrected chi connectivity index (χ4v) is 3.44. The molecule has 29 heavy (non-hydrogen) atoms. The largest absolute Gasteiger partial charge is 0.497 e. The molecule has 0 aliphatic heterocycles. The molecular formula is C22H23ClN2O4. The van der Waals surface area contributed by atoms with Gasteiger partial charge in [-0.2, -0.15) is 0 Å². The fourth-order valence-electron chi connectivity index (χ4n) is 3.18. The predicted molar refractivity (Wildman–Crippen MR) is 114 cm³/mol. The van der Waals surface area contributed by atoms with Gasteiger partial charge in [-0.3, -0.25) is 9.59 Å². The molecule has 0 unspecified atom stereocenters. The first kappa shape index (κ1) is 20.7. The Bertz CT molecular complexity index is 1070. The molecule has 3 aromatic rings. The molecule has 0 spiro atoms.